The molecule has 6 nitrogen and oxygen atoms in total. The van der Waals surface area contributed by atoms with E-state index in [-0.39, 0.29) is 5.91 Å². The Kier molecular flexibility index (Phi) is 7.06. The van der Waals surface area contributed by atoms with E-state index in [9.17, 15) is 4.79 Å². The number of rotatable bonds is 8. The van der Waals surface area contributed by atoms with Crippen LogP contribution in [0.5, 0.6) is 5.75 Å². The Morgan fingerprint density at radius 3 is 2.66 bits per heavy atom. The molecule has 0 aliphatic rings. The number of halogens is 1. The normalized spacial score (nSPS) is 10.8. The number of carbonyl (C=O) groups is 1. The highest BCUT2D eigenvalue weighted by molar-refractivity contribution is 9.10. The molecule has 0 atom stereocenters. The standard InChI is InChI=1S/C22H24BrN3O3/c1-15-12-19(16(2)11-18(15)23)25-22(27)21-20(13-24-26(21)3)29-10-9-28-14-17-7-5-4-6-8-17/h4-8,11-13H,9-10,14H2,1-3H3,(H,25,27). The van der Waals surface area contributed by atoms with Crippen LogP contribution in [0.1, 0.15) is 27.2 Å². The summed E-state index contributed by atoms with van der Waals surface area (Å²) >= 11 is 3.51. The van der Waals surface area contributed by atoms with Gasteiger partial charge >= 0.3 is 0 Å². The Bertz CT molecular complexity index is 986. The van der Waals surface area contributed by atoms with E-state index < -0.39 is 0 Å². The number of nitrogens with one attached hydrogen (secondary N) is 1. The third kappa shape index (κ3) is 5.46. The summed E-state index contributed by atoms with van der Waals surface area (Å²) in [4.78, 5) is 12.8. The number of hydrogen-bond donors (Lipinski definition) is 1. The average Bonchev–Trinajstić information content (AvgIpc) is 3.07. The lowest BCUT2D eigenvalue weighted by molar-refractivity contribution is 0.0874. The van der Waals surface area contributed by atoms with Gasteiger partial charge in [-0.3, -0.25) is 9.48 Å². The molecule has 29 heavy (non-hydrogen) atoms. The van der Waals surface area contributed by atoms with E-state index in [1.165, 1.54) is 4.68 Å². The van der Waals surface area contributed by atoms with Crippen molar-refractivity contribution >= 4 is 27.5 Å². The highest BCUT2D eigenvalue weighted by Gasteiger charge is 2.19. The smallest absolute Gasteiger partial charge is 0.277 e. The van der Waals surface area contributed by atoms with Crippen LogP contribution in [0.4, 0.5) is 5.69 Å². The molecular formula is C22H24BrN3O3. The van der Waals surface area contributed by atoms with Gasteiger partial charge < -0.3 is 14.8 Å². The molecule has 3 aromatic rings. The van der Waals surface area contributed by atoms with E-state index in [0.717, 1.165) is 26.9 Å². The lowest BCUT2D eigenvalue weighted by Crippen LogP contribution is -2.18. The molecule has 1 aromatic heterocycles. The number of hydrogen-bond acceptors (Lipinski definition) is 4. The molecule has 3 rings (SSSR count). The van der Waals surface area contributed by atoms with Crippen molar-refractivity contribution < 1.29 is 14.3 Å². The quantitative estimate of drug-likeness (QED) is 0.500. The SMILES string of the molecule is Cc1cc(NC(=O)c2c(OCCOCc3ccccc3)cnn2C)c(C)cc1Br. The molecule has 0 saturated carbocycles. The first-order valence-electron chi connectivity index (χ1n) is 9.30. The Morgan fingerprint density at radius 1 is 1.14 bits per heavy atom. The van der Waals surface area contributed by atoms with Crippen LogP contribution in [0.15, 0.2) is 53.1 Å². The molecule has 152 valence electrons. The van der Waals surface area contributed by atoms with Crippen molar-refractivity contribution in [3.05, 3.63) is 75.5 Å². The topological polar surface area (TPSA) is 65.4 Å². The van der Waals surface area contributed by atoms with E-state index in [0.29, 0.717) is 31.3 Å². The third-order valence-corrected chi connectivity index (χ3v) is 5.33. The molecule has 0 unspecified atom stereocenters. The molecule has 1 heterocycles. The summed E-state index contributed by atoms with van der Waals surface area (Å²) in [5, 5.41) is 7.12. The maximum atomic E-state index is 12.8. The summed E-state index contributed by atoms with van der Waals surface area (Å²) < 4.78 is 13.9. The molecule has 1 N–H and O–H groups in total. The van der Waals surface area contributed by atoms with Crippen LogP contribution in [-0.4, -0.2) is 28.9 Å². The largest absolute Gasteiger partial charge is 0.487 e. The van der Waals surface area contributed by atoms with Crippen LogP contribution in [0.2, 0.25) is 0 Å². The minimum Gasteiger partial charge on any atom is -0.487 e. The second kappa shape index (κ2) is 9.71. The lowest BCUT2D eigenvalue weighted by Gasteiger charge is -2.12. The predicted molar refractivity (Wildman–Crippen MR) is 116 cm³/mol. The van der Waals surface area contributed by atoms with Crippen LogP contribution in [0.25, 0.3) is 0 Å². The molecular weight excluding hydrogens is 434 g/mol. The summed E-state index contributed by atoms with van der Waals surface area (Å²) in [6.45, 7) is 5.19. The number of nitrogens with zero attached hydrogens (tertiary/aromatic N) is 2. The summed E-state index contributed by atoms with van der Waals surface area (Å²) in [7, 11) is 1.72. The number of anilines is 1. The molecule has 2 aromatic carbocycles. The zero-order chi connectivity index (χ0) is 20.8. The summed E-state index contributed by atoms with van der Waals surface area (Å²) in [5.74, 6) is 0.162. The van der Waals surface area contributed by atoms with Crippen LogP contribution in [0.3, 0.4) is 0 Å². The zero-order valence-corrected chi connectivity index (χ0v) is 18.3. The second-order valence-electron chi connectivity index (χ2n) is 6.74. The number of ether oxygens (including phenoxy) is 2. The van der Waals surface area contributed by atoms with E-state index in [1.54, 1.807) is 13.2 Å². The van der Waals surface area contributed by atoms with Crippen molar-refractivity contribution in [1.82, 2.24) is 9.78 Å². The number of benzene rings is 2. The van der Waals surface area contributed by atoms with E-state index in [1.807, 2.05) is 56.3 Å². The first-order valence-corrected chi connectivity index (χ1v) is 10.1. The van der Waals surface area contributed by atoms with Crippen molar-refractivity contribution in [2.24, 2.45) is 7.05 Å². The van der Waals surface area contributed by atoms with Gasteiger partial charge in [-0.1, -0.05) is 46.3 Å². The van der Waals surface area contributed by atoms with E-state index in [4.69, 9.17) is 9.47 Å². The summed E-state index contributed by atoms with van der Waals surface area (Å²) in [6, 6.07) is 13.9. The first kappa shape index (κ1) is 21.1. The Morgan fingerprint density at radius 2 is 1.90 bits per heavy atom. The van der Waals surface area contributed by atoms with Gasteiger partial charge in [-0.05, 0) is 42.7 Å². The van der Waals surface area contributed by atoms with Crippen molar-refractivity contribution in [3.63, 3.8) is 0 Å². The molecule has 0 spiro atoms. The number of aryl methyl sites for hydroxylation is 3. The van der Waals surface area contributed by atoms with Crippen molar-refractivity contribution in [3.8, 4) is 5.75 Å². The maximum absolute atomic E-state index is 12.8. The zero-order valence-electron chi connectivity index (χ0n) is 16.7. The third-order valence-electron chi connectivity index (χ3n) is 4.47. The van der Waals surface area contributed by atoms with E-state index in [2.05, 4.69) is 26.3 Å². The van der Waals surface area contributed by atoms with E-state index >= 15 is 0 Å². The monoisotopic (exact) mass is 457 g/mol. The van der Waals surface area contributed by atoms with Gasteiger partial charge in [-0.15, -0.1) is 0 Å². The van der Waals surface area contributed by atoms with Crippen molar-refractivity contribution in [2.45, 2.75) is 20.5 Å². The van der Waals surface area contributed by atoms with Gasteiger partial charge in [0.15, 0.2) is 11.4 Å². The first-order chi connectivity index (χ1) is 14.0. The van der Waals surface area contributed by atoms with Gasteiger partial charge in [0.05, 0.1) is 19.4 Å². The van der Waals surface area contributed by atoms with Crippen LogP contribution < -0.4 is 10.1 Å². The molecule has 0 radical (unpaired) electrons. The Balaban J connectivity index is 1.58. The number of aromatic nitrogens is 2. The minimum atomic E-state index is -0.268. The van der Waals surface area contributed by atoms with Crippen LogP contribution in [-0.2, 0) is 18.4 Å². The van der Waals surface area contributed by atoms with Gasteiger partial charge in [0, 0.05) is 17.2 Å². The number of carbonyl (C=O) groups excluding carboxylic acids is 1. The van der Waals surface area contributed by atoms with Crippen molar-refractivity contribution in [1.29, 1.82) is 0 Å². The minimum absolute atomic E-state index is 0.268. The molecule has 7 heteroatoms. The highest BCUT2D eigenvalue weighted by atomic mass is 79.9. The predicted octanol–water partition coefficient (Wildman–Crippen LogP) is 4.65. The summed E-state index contributed by atoms with van der Waals surface area (Å²) in [5.41, 5.74) is 4.24. The maximum Gasteiger partial charge on any atom is 0.277 e. The molecule has 0 aliphatic carbocycles. The van der Waals surface area contributed by atoms with Crippen molar-refractivity contribution in [2.75, 3.05) is 18.5 Å². The van der Waals surface area contributed by atoms with Gasteiger partial charge in [0.1, 0.15) is 6.61 Å². The fraction of sp³-hybridized carbons (Fsp3) is 0.273. The summed E-state index contributed by atoms with van der Waals surface area (Å²) in [6.07, 6.45) is 1.55. The fourth-order valence-electron chi connectivity index (χ4n) is 2.85. The number of amides is 1. The van der Waals surface area contributed by atoms with Gasteiger partial charge in [0.25, 0.3) is 5.91 Å². The molecule has 0 bridgehead atoms. The highest BCUT2D eigenvalue weighted by Crippen LogP contribution is 2.26. The van der Waals surface area contributed by atoms with Crippen LogP contribution >= 0.6 is 15.9 Å². The van der Waals surface area contributed by atoms with Gasteiger partial charge in [0.2, 0.25) is 0 Å². The van der Waals surface area contributed by atoms with Crippen LogP contribution in [0, 0.1) is 13.8 Å². The second-order valence-corrected chi connectivity index (χ2v) is 7.59. The lowest BCUT2D eigenvalue weighted by atomic mass is 10.1. The molecule has 0 aliphatic heterocycles. The Labute approximate surface area is 179 Å². The van der Waals surface area contributed by atoms with Gasteiger partial charge in [-0.2, -0.15) is 5.10 Å². The molecule has 0 fully saturated rings. The fourth-order valence-corrected chi connectivity index (χ4v) is 3.31. The molecule has 0 saturated heterocycles. The Hall–Kier alpha value is -2.64. The van der Waals surface area contributed by atoms with Gasteiger partial charge in [-0.25, -0.2) is 0 Å². The average molecular weight is 458 g/mol. The molecule has 1 amide bonds.